The average Bonchev–Trinajstić information content (AvgIpc) is 3.12. The molecule has 6 nitrogen and oxygen atoms in total. The summed E-state index contributed by atoms with van der Waals surface area (Å²) in [5.74, 6) is 1.91. The summed E-state index contributed by atoms with van der Waals surface area (Å²) in [6.45, 7) is 4.10. The molecule has 0 atom stereocenters. The molecule has 6 heteroatoms. The van der Waals surface area contributed by atoms with Crippen molar-refractivity contribution in [3.8, 4) is 5.82 Å². The second kappa shape index (κ2) is 8.54. The van der Waals surface area contributed by atoms with E-state index in [1.54, 1.807) is 12.4 Å². The average molecular weight is 426 g/mol. The van der Waals surface area contributed by atoms with E-state index in [1.165, 1.54) is 23.9 Å². The Balaban J connectivity index is 1.61. The molecule has 1 aromatic carbocycles. The van der Waals surface area contributed by atoms with Gasteiger partial charge in [0.2, 0.25) is 0 Å². The van der Waals surface area contributed by atoms with Gasteiger partial charge in [0, 0.05) is 29.1 Å². The van der Waals surface area contributed by atoms with Gasteiger partial charge in [0.25, 0.3) is 5.56 Å². The minimum Gasteiger partial charge on any atom is -0.303 e. The Labute approximate surface area is 187 Å². The monoisotopic (exact) mass is 425 g/mol. The molecule has 0 amide bonds. The third-order valence-electron chi connectivity index (χ3n) is 6.41. The van der Waals surface area contributed by atoms with Gasteiger partial charge in [-0.1, -0.05) is 37.5 Å². The van der Waals surface area contributed by atoms with E-state index < -0.39 is 0 Å². The van der Waals surface area contributed by atoms with Gasteiger partial charge in [-0.25, -0.2) is 9.97 Å². The normalized spacial score (nSPS) is 15.1. The summed E-state index contributed by atoms with van der Waals surface area (Å²) in [6.07, 6.45) is 9.26. The second-order valence-electron chi connectivity index (χ2n) is 8.53. The Bertz CT molecular complexity index is 1340. The lowest BCUT2D eigenvalue weighted by Crippen LogP contribution is -2.25. The second-order valence-corrected chi connectivity index (χ2v) is 8.53. The number of benzene rings is 1. The SMILES string of the molecule is Cc1cc(C=Nn2c(C3CCCCC3)nc3ccccc3c2=O)c(C)n1-c1ccccn1. The molecule has 1 saturated carbocycles. The van der Waals surface area contributed by atoms with E-state index in [4.69, 9.17) is 10.1 Å². The van der Waals surface area contributed by atoms with Gasteiger partial charge in [0.1, 0.15) is 11.6 Å². The first-order valence-corrected chi connectivity index (χ1v) is 11.3. The van der Waals surface area contributed by atoms with Gasteiger partial charge in [0.15, 0.2) is 0 Å². The van der Waals surface area contributed by atoms with E-state index in [0.717, 1.165) is 47.0 Å². The highest BCUT2D eigenvalue weighted by atomic mass is 16.1. The Hall–Kier alpha value is -3.54. The van der Waals surface area contributed by atoms with Crippen LogP contribution in [0, 0.1) is 13.8 Å². The Morgan fingerprint density at radius 3 is 2.59 bits per heavy atom. The molecule has 0 spiro atoms. The van der Waals surface area contributed by atoms with Crippen LogP contribution in [0.2, 0.25) is 0 Å². The summed E-state index contributed by atoms with van der Waals surface area (Å²) >= 11 is 0. The molecule has 0 N–H and O–H groups in total. The minimum atomic E-state index is -0.106. The number of hydrogen-bond acceptors (Lipinski definition) is 4. The van der Waals surface area contributed by atoms with E-state index in [9.17, 15) is 4.79 Å². The van der Waals surface area contributed by atoms with E-state index in [-0.39, 0.29) is 11.5 Å². The van der Waals surface area contributed by atoms with Crippen LogP contribution >= 0.6 is 0 Å². The van der Waals surface area contributed by atoms with Crippen molar-refractivity contribution in [2.75, 3.05) is 0 Å². The number of aryl methyl sites for hydroxylation is 1. The van der Waals surface area contributed by atoms with Crippen LogP contribution < -0.4 is 5.56 Å². The van der Waals surface area contributed by atoms with Crippen molar-refractivity contribution in [3.63, 3.8) is 0 Å². The van der Waals surface area contributed by atoms with Crippen LogP contribution in [0.5, 0.6) is 0 Å². The summed E-state index contributed by atoms with van der Waals surface area (Å²) in [7, 11) is 0. The molecular weight excluding hydrogens is 398 g/mol. The van der Waals surface area contributed by atoms with Gasteiger partial charge in [0.05, 0.1) is 17.1 Å². The van der Waals surface area contributed by atoms with Crippen LogP contribution in [0.25, 0.3) is 16.7 Å². The zero-order chi connectivity index (χ0) is 22.1. The summed E-state index contributed by atoms with van der Waals surface area (Å²) in [4.78, 5) is 22.8. The van der Waals surface area contributed by atoms with Crippen LogP contribution in [-0.4, -0.2) is 25.4 Å². The lowest BCUT2D eigenvalue weighted by atomic mass is 9.88. The lowest BCUT2D eigenvalue weighted by Gasteiger charge is -2.22. The zero-order valence-corrected chi connectivity index (χ0v) is 18.5. The van der Waals surface area contributed by atoms with Crippen LogP contribution in [0.15, 0.2) is 64.6 Å². The van der Waals surface area contributed by atoms with Crippen molar-refractivity contribution in [1.82, 2.24) is 19.2 Å². The van der Waals surface area contributed by atoms with Crippen molar-refractivity contribution in [3.05, 3.63) is 87.9 Å². The third-order valence-corrected chi connectivity index (χ3v) is 6.41. The molecule has 0 unspecified atom stereocenters. The number of hydrogen-bond donors (Lipinski definition) is 0. The maximum Gasteiger partial charge on any atom is 0.282 e. The summed E-state index contributed by atoms with van der Waals surface area (Å²) in [5, 5.41) is 5.29. The Morgan fingerprint density at radius 1 is 1.03 bits per heavy atom. The molecule has 3 aromatic heterocycles. The first-order chi connectivity index (χ1) is 15.6. The van der Waals surface area contributed by atoms with Gasteiger partial charge in [-0.2, -0.15) is 9.78 Å². The number of fused-ring (bicyclic) bond motifs is 1. The summed E-state index contributed by atoms with van der Waals surface area (Å²) < 4.78 is 3.63. The molecule has 1 aliphatic carbocycles. The maximum absolute atomic E-state index is 13.4. The molecule has 0 saturated heterocycles. The van der Waals surface area contributed by atoms with Crippen molar-refractivity contribution in [2.24, 2.45) is 5.10 Å². The van der Waals surface area contributed by atoms with Gasteiger partial charge < -0.3 is 4.57 Å². The van der Waals surface area contributed by atoms with Gasteiger partial charge in [-0.05, 0) is 57.0 Å². The molecule has 1 fully saturated rings. The van der Waals surface area contributed by atoms with Crippen molar-refractivity contribution >= 4 is 17.1 Å². The lowest BCUT2D eigenvalue weighted by molar-refractivity contribution is 0.416. The first kappa shape index (κ1) is 20.4. The van der Waals surface area contributed by atoms with Gasteiger partial charge in [-0.3, -0.25) is 4.79 Å². The fraction of sp³-hybridized carbons (Fsp3) is 0.308. The van der Waals surface area contributed by atoms with Crippen LogP contribution in [0.4, 0.5) is 0 Å². The molecule has 1 aliphatic rings. The standard InChI is InChI=1S/C26H27N5O/c1-18-16-21(19(2)30(18)24-14-8-9-15-27-24)17-28-31-25(20-10-4-3-5-11-20)29-23-13-7-6-12-22(23)26(31)32/h6-9,12-17,20H,3-5,10-11H2,1-2H3. The first-order valence-electron chi connectivity index (χ1n) is 11.3. The number of nitrogens with zero attached hydrogens (tertiary/aromatic N) is 5. The topological polar surface area (TPSA) is 65.1 Å². The highest BCUT2D eigenvalue weighted by molar-refractivity contribution is 5.82. The fourth-order valence-electron chi connectivity index (χ4n) is 4.75. The number of pyridine rings is 1. The largest absolute Gasteiger partial charge is 0.303 e. The number of rotatable bonds is 4. The van der Waals surface area contributed by atoms with Crippen molar-refractivity contribution in [2.45, 2.75) is 51.9 Å². The van der Waals surface area contributed by atoms with E-state index in [1.807, 2.05) is 49.4 Å². The Morgan fingerprint density at radius 2 is 1.81 bits per heavy atom. The van der Waals surface area contributed by atoms with Gasteiger partial charge in [-0.15, -0.1) is 0 Å². The smallest absolute Gasteiger partial charge is 0.282 e. The molecule has 0 aliphatic heterocycles. The third kappa shape index (κ3) is 3.66. The van der Waals surface area contributed by atoms with Crippen molar-refractivity contribution in [1.29, 1.82) is 0 Å². The summed E-state index contributed by atoms with van der Waals surface area (Å²) in [5.41, 5.74) is 3.71. The van der Waals surface area contributed by atoms with E-state index >= 15 is 0 Å². The Kier molecular flexibility index (Phi) is 5.43. The highest BCUT2D eigenvalue weighted by Gasteiger charge is 2.22. The molecule has 3 heterocycles. The zero-order valence-electron chi connectivity index (χ0n) is 18.5. The summed E-state index contributed by atoms with van der Waals surface area (Å²) in [6, 6.07) is 15.5. The predicted molar refractivity (Wildman–Crippen MR) is 128 cm³/mol. The molecule has 0 radical (unpaired) electrons. The quantitative estimate of drug-likeness (QED) is 0.426. The van der Waals surface area contributed by atoms with Crippen LogP contribution in [0.1, 0.15) is 60.8 Å². The van der Waals surface area contributed by atoms with E-state index in [2.05, 4.69) is 22.5 Å². The number of para-hydroxylation sites is 1. The van der Waals surface area contributed by atoms with E-state index in [0.29, 0.717) is 5.39 Å². The van der Waals surface area contributed by atoms with Crippen molar-refractivity contribution < 1.29 is 0 Å². The molecule has 4 aromatic rings. The maximum atomic E-state index is 13.4. The fourth-order valence-corrected chi connectivity index (χ4v) is 4.75. The van der Waals surface area contributed by atoms with Crippen LogP contribution in [0.3, 0.4) is 0 Å². The van der Waals surface area contributed by atoms with Crippen LogP contribution in [-0.2, 0) is 0 Å². The molecule has 162 valence electrons. The number of aromatic nitrogens is 4. The predicted octanol–water partition coefficient (Wildman–Crippen LogP) is 5.13. The highest BCUT2D eigenvalue weighted by Crippen LogP contribution is 2.31. The van der Waals surface area contributed by atoms with Gasteiger partial charge >= 0.3 is 0 Å². The molecule has 0 bridgehead atoms. The minimum absolute atomic E-state index is 0.106. The molecule has 32 heavy (non-hydrogen) atoms. The molecule has 5 rings (SSSR count). The molecular formula is C26H27N5O.